The van der Waals surface area contributed by atoms with Gasteiger partial charge in [0.15, 0.2) is 0 Å². The zero-order chi connectivity index (χ0) is 11.3. The molecule has 0 unspecified atom stereocenters. The Balaban J connectivity index is 2.54. The molecular weight excluding hydrogens is 257 g/mol. The number of halogens is 2. The SMILES string of the molecule is CCN(CC)CCc1ccc(Br)c(F)c1. The Morgan fingerprint density at radius 3 is 2.47 bits per heavy atom. The lowest BCUT2D eigenvalue weighted by atomic mass is 10.1. The van der Waals surface area contributed by atoms with Gasteiger partial charge in [-0.3, -0.25) is 0 Å². The van der Waals surface area contributed by atoms with Crippen molar-refractivity contribution in [1.82, 2.24) is 4.90 Å². The molecule has 1 aromatic carbocycles. The van der Waals surface area contributed by atoms with Crippen LogP contribution in [0.4, 0.5) is 4.39 Å². The summed E-state index contributed by atoms with van der Waals surface area (Å²) in [5, 5.41) is 0. The Morgan fingerprint density at radius 2 is 1.93 bits per heavy atom. The number of hydrogen-bond donors (Lipinski definition) is 0. The van der Waals surface area contributed by atoms with Crippen molar-refractivity contribution in [2.24, 2.45) is 0 Å². The first-order chi connectivity index (χ1) is 7.17. The highest BCUT2D eigenvalue weighted by Gasteiger charge is 2.03. The molecule has 0 atom stereocenters. The molecule has 0 fully saturated rings. The summed E-state index contributed by atoms with van der Waals surface area (Å²) in [6.45, 7) is 7.39. The highest BCUT2D eigenvalue weighted by Crippen LogP contribution is 2.16. The van der Waals surface area contributed by atoms with Gasteiger partial charge in [0.1, 0.15) is 5.82 Å². The van der Waals surface area contributed by atoms with Gasteiger partial charge in [0, 0.05) is 6.54 Å². The van der Waals surface area contributed by atoms with E-state index in [1.807, 2.05) is 6.07 Å². The van der Waals surface area contributed by atoms with Gasteiger partial charge in [0.25, 0.3) is 0 Å². The molecule has 0 bridgehead atoms. The summed E-state index contributed by atoms with van der Waals surface area (Å²) in [6.07, 6.45) is 0.909. The summed E-state index contributed by atoms with van der Waals surface area (Å²) in [5.41, 5.74) is 1.06. The van der Waals surface area contributed by atoms with E-state index < -0.39 is 0 Å². The van der Waals surface area contributed by atoms with Crippen LogP contribution in [-0.2, 0) is 6.42 Å². The average Bonchev–Trinajstić information content (AvgIpc) is 2.24. The fourth-order valence-electron chi connectivity index (χ4n) is 1.52. The lowest BCUT2D eigenvalue weighted by molar-refractivity contribution is 0.308. The van der Waals surface area contributed by atoms with Crippen molar-refractivity contribution in [3.8, 4) is 0 Å². The molecule has 0 amide bonds. The maximum absolute atomic E-state index is 13.2. The second kappa shape index (κ2) is 6.23. The van der Waals surface area contributed by atoms with Crippen LogP contribution in [0.15, 0.2) is 22.7 Å². The number of likely N-dealkylation sites (N-methyl/N-ethyl adjacent to an activating group) is 1. The quantitative estimate of drug-likeness (QED) is 0.794. The minimum Gasteiger partial charge on any atom is -0.304 e. The summed E-state index contributed by atoms with van der Waals surface area (Å²) in [7, 11) is 0. The van der Waals surface area contributed by atoms with Gasteiger partial charge in [0.2, 0.25) is 0 Å². The van der Waals surface area contributed by atoms with Gasteiger partial charge < -0.3 is 4.90 Å². The summed E-state index contributed by atoms with van der Waals surface area (Å²) in [5.74, 6) is -0.174. The third kappa shape index (κ3) is 3.92. The predicted molar refractivity (Wildman–Crippen MR) is 65.6 cm³/mol. The molecule has 0 aromatic heterocycles. The predicted octanol–water partition coefficient (Wildman–Crippen LogP) is 3.47. The van der Waals surface area contributed by atoms with E-state index in [0.29, 0.717) is 4.47 Å². The van der Waals surface area contributed by atoms with Crippen molar-refractivity contribution < 1.29 is 4.39 Å². The van der Waals surface area contributed by atoms with E-state index in [1.54, 1.807) is 12.1 Å². The molecule has 0 saturated carbocycles. The van der Waals surface area contributed by atoms with E-state index in [1.165, 1.54) is 0 Å². The number of rotatable bonds is 5. The van der Waals surface area contributed by atoms with Crippen LogP contribution < -0.4 is 0 Å². The molecule has 3 heteroatoms. The van der Waals surface area contributed by atoms with Crippen molar-refractivity contribution in [3.63, 3.8) is 0 Å². The Labute approximate surface area is 99.4 Å². The van der Waals surface area contributed by atoms with Gasteiger partial charge in [0.05, 0.1) is 4.47 Å². The summed E-state index contributed by atoms with van der Waals surface area (Å²) >= 11 is 3.15. The molecule has 0 aliphatic heterocycles. The molecule has 15 heavy (non-hydrogen) atoms. The largest absolute Gasteiger partial charge is 0.304 e. The third-order valence-corrected chi connectivity index (χ3v) is 3.24. The van der Waals surface area contributed by atoms with E-state index in [2.05, 4.69) is 34.7 Å². The lowest BCUT2D eigenvalue weighted by Crippen LogP contribution is -2.25. The second-order valence-corrected chi connectivity index (χ2v) is 4.38. The van der Waals surface area contributed by atoms with Crippen molar-refractivity contribution >= 4 is 15.9 Å². The van der Waals surface area contributed by atoms with Crippen LogP contribution in [0.1, 0.15) is 19.4 Å². The molecule has 0 heterocycles. The minimum atomic E-state index is -0.174. The maximum atomic E-state index is 13.2. The smallest absolute Gasteiger partial charge is 0.137 e. The van der Waals surface area contributed by atoms with Crippen LogP contribution in [0.5, 0.6) is 0 Å². The van der Waals surface area contributed by atoms with E-state index in [0.717, 1.165) is 31.6 Å². The van der Waals surface area contributed by atoms with Gasteiger partial charge in [-0.2, -0.15) is 0 Å². The van der Waals surface area contributed by atoms with Crippen LogP contribution in [-0.4, -0.2) is 24.5 Å². The van der Waals surface area contributed by atoms with Crippen LogP contribution in [0, 0.1) is 5.82 Å². The molecule has 0 aliphatic rings. The van der Waals surface area contributed by atoms with E-state index >= 15 is 0 Å². The van der Waals surface area contributed by atoms with Gasteiger partial charge in [-0.05, 0) is 53.1 Å². The van der Waals surface area contributed by atoms with Gasteiger partial charge >= 0.3 is 0 Å². The summed E-state index contributed by atoms with van der Waals surface area (Å²) < 4.78 is 13.7. The zero-order valence-electron chi connectivity index (χ0n) is 9.26. The molecule has 0 saturated heterocycles. The molecule has 84 valence electrons. The molecule has 1 nitrogen and oxygen atoms in total. The van der Waals surface area contributed by atoms with Crippen LogP contribution in [0.3, 0.4) is 0 Å². The van der Waals surface area contributed by atoms with Crippen molar-refractivity contribution in [2.45, 2.75) is 20.3 Å². The van der Waals surface area contributed by atoms with Crippen molar-refractivity contribution in [2.75, 3.05) is 19.6 Å². The molecule has 1 aromatic rings. The van der Waals surface area contributed by atoms with E-state index in [-0.39, 0.29) is 5.82 Å². The summed E-state index contributed by atoms with van der Waals surface area (Å²) in [6, 6.07) is 5.34. The maximum Gasteiger partial charge on any atom is 0.137 e. The van der Waals surface area contributed by atoms with Gasteiger partial charge in [-0.25, -0.2) is 4.39 Å². The van der Waals surface area contributed by atoms with E-state index in [9.17, 15) is 4.39 Å². The highest BCUT2D eigenvalue weighted by atomic mass is 79.9. The average molecular weight is 274 g/mol. The Hall–Kier alpha value is -0.410. The third-order valence-electron chi connectivity index (χ3n) is 2.60. The first-order valence-corrected chi connectivity index (χ1v) is 6.13. The first-order valence-electron chi connectivity index (χ1n) is 5.33. The van der Waals surface area contributed by atoms with Crippen LogP contribution in [0.25, 0.3) is 0 Å². The lowest BCUT2D eigenvalue weighted by Gasteiger charge is -2.17. The molecule has 0 N–H and O–H groups in total. The molecule has 0 radical (unpaired) electrons. The van der Waals surface area contributed by atoms with E-state index in [4.69, 9.17) is 0 Å². The Kier molecular flexibility index (Phi) is 5.26. The fourth-order valence-corrected chi connectivity index (χ4v) is 1.77. The first kappa shape index (κ1) is 12.7. The highest BCUT2D eigenvalue weighted by molar-refractivity contribution is 9.10. The monoisotopic (exact) mass is 273 g/mol. The summed E-state index contributed by atoms with van der Waals surface area (Å²) in [4.78, 5) is 2.33. The minimum absolute atomic E-state index is 0.174. The zero-order valence-corrected chi connectivity index (χ0v) is 10.8. The van der Waals surface area contributed by atoms with Gasteiger partial charge in [-0.1, -0.05) is 19.9 Å². The molecule has 0 spiro atoms. The van der Waals surface area contributed by atoms with Gasteiger partial charge in [-0.15, -0.1) is 0 Å². The Morgan fingerprint density at radius 1 is 1.27 bits per heavy atom. The molecule has 1 rings (SSSR count). The number of benzene rings is 1. The number of nitrogens with zero attached hydrogens (tertiary/aromatic N) is 1. The van der Waals surface area contributed by atoms with Crippen LogP contribution >= 0.6 is 15.9 Å². The second-order valence-electron chi connectivity index (χ2n) is 3.53. The van der Waals surface area contributed by atoms with Crippen molar-refractivity contribution in [3.05, 3.63) is 34.1 Å². The van der Waals surface area contributed by atoms with Crippen LogP contribution in [0.2, 0.25) is 0 Å². The standard InChI is InChI=1S/C12H17BrFN/c1-3-15(4-2)8-7-10-5-6-11(13)12(14)9-10/h5-6,9H,3-4,7-8H2,1-2H3. The topological polar surface area (TPSA) is 3.24 Å². The molecule has 0 aliphatic carbocycles. The number of hydrogen-bond acceptors (Lipinski definition) is 1. The Bertz CT molecular complexity index is 310. The van der Waals surface area contributed by atoms with Crippen molar-refractivity contribution in [1.29, 1.82) is 0 Å². The molecular formula is C12H17BrFN. The fraction of sp³-hybridized carbons (Fsp3) is 0.500. The normalized spacial score (nSPS) is 11.0.